The SMILES string of the molecule is COc1ccc(N)cc1CNC(=O)c1ccc(O)c(O)c1. The van der Waals surface area contributed by atoms with Gasteiger partial charge in [-0.15, -0.1) is 0 Å². The Morgan fingerprint density at radius 2 is 1.95 bits per heavy atom. The normalized spacial score (nSPS) is 10.1. The zero-order valence-corrected chi connectivity index (χ0v) is 11.5. The first-order valence-electron chi connectivity index (χ1n) is 6.24. The molecule has 0 aliphatic carbocycles. The third-order valence-corrected chi connectivity index (χ3v) is 2.98. The summed E-state index contributed by atoms with van der Waals surface area (Å²) in [6, 6.07) is 9.02. The largest absolute Gasteiger partial charge is 0.504 e. The summed E-state index contributed by atoms with van der Waals surface area (Å²) in [6.45, 7) is 0.231. The van der Waals surface area contributed by atoms with E-state index in [1.54, 1.807) is 18.2 Å². The molecule has 2 aromatic rings. The van der Waals surface area contributed by atoms with E-state index < -0.39 is 0 Å². The Balaban J connectivity index is 2.10. The molecule has 0 spiro atoms. The number of benzene rings is 2. The molecular weight excluding hydrogens is 272 g/mol. The van der Waals surface area contributed by atoms with E-state index in [4.69, 9.17) is 10.5 Å². The number of hydrogen-bond donors (Lipinski definition) is 4. The Morgan fingerprint density at radius 3 is 2.62 bits per heavy atom. The van der Waals surface area contributed by atoms with Crippen LogP contribution in [0, 0.1) is 0 Å². The molecule has 0 saturated carbocycles. The molecule has 0 unspecified atom stereocenters. The number of nitrogens with one attached hydrogen (secondary N) is 1. The predicted molar refractivity (Wildman–Crippen MR) is 78.3 cm³/mol. The van der Waals surface area contributed by atoms with Crippen LogP contribution < -0.4 is 15.8 Å². The molecule has 21 heavy (non-hydrogen) atoms. The van der Waals surface area contributed by atoms with Crippen LogP contribution in [0.2, 0.25) is 0 Å². The average molecular weight is 288 g/mol. The first kappa shape index (κ1) is 14.5. The van der Waals surface area contributed by atoms with Crippen molar-refractivity contribution in [1.29, 1.82) is 0 Å². The van der Waals surface area contributed by atoms with Gasteiger partial charge >= 0.3 is 0 Å². The number of rotatable bonds is 4. The molecule has 2 aromatic carbocycles. The van der Waals surface area contributed by atoms with E-state index in [9.17, 15) is 15.0 Å². The van der Waals surface area contributed by atoms with Gasteiger partial charge < -0.3 is 26.0 Å². The number of aromatic hydroxyl groups is 2. The molecule has 2 rings (SSSR count). The fraction of sp³-hybridized carbons (Fsp3) is 0.133. The van der Waals surface area contributed by atoms with Gasteiger partial charge in [0.2, 0.25) is 0 Å². The standard InChI is InChI=1S/C15H16N2O4/c1-21-14-5-3-11(16)6-10(14)8-17-15(20)9-2-4-12(18)13(19)7-9/h2-7,18-19H,8,16H2,1H3,(H,17,20). The summed E-state index contributed by atoms with van der Waals surface area (Å²) < 4.78 is 5.19. The molecular formula is C15H16N2O4. The van der Waals surface area contributed by atoms with Crippen LogP contribution in [0.1, 0.15) is 15.9 Å². The highest BCUT2D eigenvalue weighted by molar-refractivity contribution is 5.94. The van der Waals surface area contributed by atoms with Gasteiger partial charge in [0, 0.05) is 23.4 Å². The number of amides is 1. The number of anilines is 1. The Labute approximate surface area is 121 Å². The van der Waals surface area contributed by atoms with Crippen LogP contribution in [-0.4, -0.2) is 23.2 Å². The number of carbonyl (C=O) groups excluding carboxylic acids is 1. The average Bonchev–Trinajstić information content (AvgIpc) is 2.47. The molecule has 0 fully saturated rings. The molecule has 110 valence electrons. The van der Waals surface area contributed by atoms with Crippen molar-refractivity contribution < 1.29 is 19.7 Å². The topological polar surface area (TPSA) is 105 Å². The van der Waals surface area contributed by atoms with Crippen LogP contribution in [0.3, 0.4) is 0 Å². The minimum absolute atomic E-state index is 0.231. The van der Waals surface area contributed by atoms with E-state index in [0.29, 0.717) is 11.4 Å². The Bertz CT molecular complexity index is 671. The fourth-order valence-corrected chi connectivity index (χ4v) is 1.88. The number of hydrogen-bond acceptors (Lipinski definition) is 5. The van der Waals surface area contributed by atoms with E-state index >= 15 is 0 Å². The van der Waals surface area contributed by atoms with Crippen LogP contribution in [0.5, 0.6) is 17.2 Å². The summed E-state index contributed by atoms with van der Waals surface area (Å²) in [5.41, 5.74) is 7.27. The van der Waals surface area contributed by atoms with Gasteiger partial charge in [-0.05, 0) is 36.4 Å². The van der Waals surface area contributed by atoms with Crippen LogP contribution in [0.15, 0.2) is 36.4 Å². The van der Waals surface area contributed by atoms with Gasteiger partial charge in [-0.1, -0.05) is 0 Å². The van der Waals surface area contributed by atoms with Gasteiger partial charge in [-0.2, -0.15) is 0 Å². The lowest BCUT2D eigenvalue weighted by molar-refractivity contribution is 0.0950. The van der Waals surface area contributed by atoms with Crippen LogP contribution in [-0.2, 0) is 6.54 Å². The first-order chi connectivity index (χ1) is 10.0. The lowest BCUT2D eigenvalue weighted by atomic mass is 10.1. The Hall–Kier alpha value is -2.89. The maximum absolute atomic E-state index is 12.0. The van der Waals surface area contributed by atoms with Crippen molar-refractivity contribution in [2.45, 2.75) is 6.54 Å². The molecule has 0 bridgehead atoms. The second kappa shape index (κ2) is 6.04. The third kappa shape index (κ3) is 3.36. The summed E-state index contributed by atoms with van der Waals surface area (Å²) in [6.07, 6.45) is 0. The van der Waals surface area contributed by atoms with Crippen molar-refractivity contribution in [3.05, 3.63) is 47.5 Å². The lowest BCUT2D eigenvalue weighted by Crippen LogP contribution is -2.23. The van der Waals surface area contributed by atoms with E-state index in [-0.39, 0.29) is 29.5 Å². The van der Waals surface area contributed by atoms with Gasteiger partial charge in [-0.25, -0.2) is 0 Å². The third-order valence-electron chi connectivity index (χ3n) is 2.98. The monoisotopic (exact) mass is 288 g/mol. The second-order valence-electron chi connectivity index (χ2n) is 4.46. The number of carbonyl (C=O) groups is 1. The van der Waals surface area contributed by atoms with Gasteiger partial charge in [0.1, 0.15) is 5.75 Å². The zero-order chi connectivity index (χ0) is 15.4. The lowest BCUT2D eigenvalue weighted by Gasteiger charge is -2.11. The molecule has 0 aliphatic rings. The van der Waals surface area contributed by atoms with E-state index in [1.807, 2.05) is 0 Å². The van der Waals surface area contributed by atoms with Gasteiger partial charge in [0.25, 0.3) is 5.91 Å². The summed E-state index contributed by atoms with van der Waals surface area (Å²) in [7, 11) is 1.54. The van der Waals surface area contributed by atoms with Crippen molar-refractivity contribution in [3.8, 4) is 17.2 Å². The molecule has 0 aromatic heterocycles. The maximum atomic E-state index is 12.0. The molecule has 0 aliphatic heterocycles. The van der Waals surface area contributed by atoms with Gasteiger partial charge in [-0.3, -0.25) is 4.79 Å². The van der Waals surface area contributed by atoms with Gasteiger partial charge in [0.05, 0.1) is 7.11 Å². The maximum Gasteiger partial charge on any atom is 0.251 e. The number of methoxy groups -OCH3 is 1. The number of nitrogen functional groups attached to an aromatic ring is 1. The first-order valence-corrected chi connectivity index (χ1v) is 6.24. The Kier molecular flexibility index (Phi) is 4.18. The van der Waals surface area contributed by atoms with Crippen molar-refractivity contribution in [1.82, 2.24) is 5.32 Å². The summed E-state index contributed by atoms with van der Waals surface area (Å²) in [5, 5.41) is 21.3. The molecule has 0 saturated heterocycles. The molecule has 6 heteroatoms. The smallest absolute Gasteiger partial charge is 0.251 e. The predicted octanol–water partition coefficient (Wildman–Crippen LogP) is 1.62. The highest BCUT2D eigenvalue weighted by Gasteiger charge is 2.10. The van der Waals surface area contributed by atoms with Crippen molar-refractivity contribution in [2.75, 3.05) is 12.8 Å². The van der Waals surface area contributed by atoms with Crippen LogP contribution in [0.25, 0.3) is 0 Å². The zero-order valence-electron chi connectivity index (χ0n) is 11.5. The van der Waals surface area contributed by atoms with Crippen molar-refractivity contribution in [3.63, 3.8) is 0 Å². The molecule has 1 amide bonds. The summed E-state index contributed by atoms with van der Waals surface area (Å²) in [4.78, 5) is 12.0. The number of phenols is 2. The summed E-state index contributed by atoms with van der Waals surface area (Å²) in [5.74, 6) is -0.374. The minimum atomic E-state index is -0.380. The molecule has 5 N–H and O–H groups in total. The van der Waals surface area contributed by atoms with E-state index in [0.717, 1.165) is 5.56 Å². The fourth-order valence-electron chi connectivity index (χ4n) is 1.88. The van der Waals surface area contributed by atoms with E-state index in [2.05, 4.69) is 5.32 Å². The minimum Gasteiger partial charge on any atom is -0.504 e. The van der Waals surface area contributed by atoms with Crippen LogP contribution in [0.4, 0.5) is 5.69 Å². The quantitative estimate of drug-likeness (QED) is 0.505. The van der Waals surface area contributed by atoms with E-state index in [1.165, 1.54) is 25.3 Å². The van der Waals surface area contributed by atoms with Crippen molar-refractivity contribution >= 4 is 11.6 Å². The second-order valence-corrected chi connectivity index (χ2v) is 4.46. The summed E-state index contributed by atoms with van der Waals surface area (Å²) >= 11 is 0. The number of phenolic OH excluding ortho intramolecular Hbond substituents is 2. The highest BCUT2D eigenvalue weighted by atomic mass is 16.5. The molecule has 0 heterocycles. The van der Waals surface area contributed by atoms with Crippen LogP contribution >= 0.6 is 0 Å². The number of nitrogens with two attached hydrogens (primary N) is 1. The van der Waals surface area contributed by atoms with Gasteiger partial charge in [0.15, 0.2) is 11.5 Å². The number of ether oxygens (including phenoxy) is 1. The molecule has 0 atom stereocenters. The highest BCUT2D eigenvalue weighted by Crippen LogP contribution is 2.25. The molecule has 6 nitrogen and oxygen atoms in total. The Morgan fingerprint density at radius 1 is 1.19 bits per heavy atom. The van der Waals surface area contributed by atoms with Crippen molar-refractivity contribution in [2.24, 2.45) is 0 Å². The molecule has 0 radical (unpaired) electrons.